The van der Waals surface area contributed by atoms with Crippen LogP contribution in [0.4, 0.5) is 0 Å². The molecule has 0 saturated carbocycles. The normalized spacial score (nSPS) is 10.0. The predicted octanol–water partition coefficient (Wildman–Crippen LogP) is 6.44. The zero-order valence-electron chi connectivity index (χ0n) is 21.6. The van der Waals surface area contributed by atoms with Crippen LogP contribution < -0.4 is 5.48 Å². The van der Waals surface area contributed by atoms with E-state index in [2.05, 4.69) is 77.9 Å². The van der Waals surface area contributed by atoms with Crippen LogP contribution >= 0.6 is 0 Å². The number of hydrogen-bond acceptors (Lipinski definition) is 4. The Morgan fingerprint density at radius 1 is 1.09 bits per heavy atom. The minimum absolute atomic E-state index is 0.440. The summed E-state index contributed by atoms with van der Waals surface area (Å²) in [4.78, 5) is 16.8. The highest BCUT2D eigenvalue weighted by Crippen LogP contribution is 2.26. The molecule has 0 aliphatic carbocycles. The number of rotatable bonds is 6. The van der Waals surface area contributed by atoms with Gasteiger partial charge in [0.1, 0.15) is 5.65 Å². The monoisotopic (exact) mass is 454 g/mol. The lowest BCUT2D eigenvalue weighted by molar-refractivity contribution is -0.126. The number of nitrogens with one attached hydrogen (secondary N) is 1. The van der Waals surface area contributed by atoms with Crippen molar-refractivity contribution in [3.8, 4) is 11.3 Å². The number of benzene rings is 1. The lowest BCUT2D eigenvalue weighted by atomic mass is 10.1. The third-order valence-corrected chi connectivity index (χ3v) is 4.58. The number of imidazole rings is 1. The van der Waals surface area contributed by atoms with E-state index in [1.165, 1.54) is 29.2 Å². The molecular weight excluding hydrogens is 412 g/mol. The maximum atomic E-state index is 9.45. The molecule has 2 N–H and O–H groups in total. The molecule has 2 heterocycles. The summed E-state index contributed by atoms with van der Waals surface area (Å²) in [6.07, 6.45) is 6.31. The Kier molecular flexibility index (Phi) is 16.0. The minimum atomic E-state index is -0.440. The van der Waals surface area contributed by atoms with Crippen molar-refractivity contribution in [1.29, 1.82) is 0 Å². The number of nitrogens with zero attached hydrogens (tertiary/aromatic N) is 3. The second kappa shape index (κ2) is 17.6. The fourth-order valence-corrected chi connectivity index (χ4v) is 3.04. The van der Waals surface area contributed by atoms with Crippen LogP contribution in [0.1, 0.15) is 66.6 Å². The van der Waals surface area contributed by atoms with E-state index in [0.717, 1.165) is 31.0 Å². The van der Waals surface area contributed by atoms with Crippen molar-refractivity contribution in [1.82, 2.24) is 19.8 Å². The van der Waals surface area contributed by atoms with Gasteiger partial charge in [-0.2, -0.15) is 0 Å². The molecule has 0 fully saturated rings. The molecule has 0 unspecified atom stereocenters. The standard InChI is InChI=1S/C21H25N3.C2H5NO2.2C2H6/c1-4-10-17-13-14-24-19(16-23(5-2)6-3)21(22-20(24)15-17)18-11-8-7-9-12-18;1-2(4)3-5;2*1-2/h4,7-15H,5-6,16H2,1-3H3;5H,1H3,(H,3,4);2*1-2H3/b10-4+;;;. The Balaban J connectivity index is 0.000000991. The van der Waals surface area contributed by atoms with Crippen molar-refractivity contribution in [3.63, 3.8) is 0 Å². The molecular formula is C27H42N4O2. The van der Waals surface area contributed by atoms with Crippen LogP contribution in [0, 0.1) is 0 Å². The second-order valence-corrected chi connectivity index (χ2v) is 6.59. The SMILES string of the molecule is C/C=C/c1ccn2c(CN(CC)CC)c(-c3ccccc3)nc2c1.CC.CC.CC(=O)NO. The summed E-state index contributed by atoms with van der Waals surface area (Å²) in [7, 11) is 0. The average molecular weight is 455 g/mol. The molecule has 33 heavy (non-hydrogen) atoms. The Morgan fingerprint density at radius 2 is 1.67 bits per heavy atom. The van der Waals surface area contributed by atoms with Gasteiger partial charge in [-0.1, -0.05) is 84.0 Å². The largest absolute Gasteiger partial charge is 0.302 e. The number of pyridine rings is 1. The van der Waals surface area contributed by atoms with Gasteiger partial charge in [-0.05, 0) is 37.7 Å². The maximum Gasteiger partial charge on any atom is 0.240 e. The van der Waals surface area contributed by atoms with Gasteiger partial charge in [0.15, 0.2) is 0 Å². The molecule has 0 aliphatic heterocycles. The smallest absolute Gasteiger partial charge is 0.240 e. The van der Waals surface area contributed by atoms with E-state index >= 15 is 0 Å². The molecule has 0 saturated heterocycles. The molecule has 0 radical (unpaired) electrons. The molecule has 6 heteroatoms. The van der Waals surface area contributed by atoms with E-state index in [1.807, 2.05) is 40.7 Å². The van der Waals surface area contributed by atoms with Crippen molar-refractivity contribution in [3.05, 3.63) is 66.0 Å². The lowest BCUT2D eigenvalue weighted by Crippen LogP contribution is -2.23. The van der Waals surface area contributed by atoms with Gasteiger partial charge in [-0.15, -0.1) is 0 Å². The Hall–Kier alpha value is -2.96. The number of hydroxylamine groups is 1. The molecule has 1 aromatic carbocycles. The summed E-state index contributed by atoms with van der Waals surface area (Å²) in [5.41, 5.74) is 7.10. The maximum absolute atomic E-state index is 9.45. The fraction of sp³-hybridized carbons (Fsp3) is 0.407. The van der Waals surface area contributed by atoms with E-state index in [-0.39, 0.29) is 0 Å². The van der Waals surface area contributed by atoms with E-state index in [0.29, 0.717) is 0 Å². The van der Waals surface area contributed by atoms with Crippen molar-refractivity contribution in [2.75, 3.05) is 13.1 Å². The fourth-order valence-electron chi connectivity index (χ4n) is 3.04. The van der Waals surface area contributed by atoms with E-state index in [1.54, 1.807) is 0 Å². The highest BCUT2D eigenvalue weighted by molar-refractivity contribution is 5.71. The highest BCUT2D eigenvalue weighted by atomic mass is 16.5. The summed E-state index contributed by atoms with van der Waals surface area (Å²) in [6, 6.07) is 14.8. The van der Waals surface area contributed by atoms with E-state index in [9.17, 15) is 4.79 Å². The van der Waals surface area contributed by atoms with Gasteiger partial charge in [0.2, 0.25) is 5.91 Å². The predicted molar refractivity (Wildman–Crippen MR) is 140 cm³/mol. The number of carbonyl (C=O) groups excluding carboxylic acids is 1. The first kappa shape index (κ1) is 30.0. The number of fused-ring (bicyclic) bond motifs is 1. The molecule has 2 aromatic heterocycles. The van der Waals surface area contributed by atoms with Gasteiger partial charge in [-0.25, -0.2) is 10.5 Å². The minimum Gasteiger partial charge on any atom is -0.302 e. The summed E-state index contributed by atoms with van der Waals surface area (Å²) in [6.45, 7) is 18.7. The quantitative estimate of drug-likeness (QED) is 0.332. The first-order chi connectivity index (χ1) is 16.0. The van der Waals surface area contributed by atoms with Crippen LogP contribution in [0.2, 0.25) is 0 Å². The molecule has 0 aliphatic rings. The van der Waals surface area contributed by atoms with Crippen molar-refractivity contribution >= 4 is 17.6 Å². The van der Waals surface area contributed by atoms with Crippen LogP contribution in [-0.2, 0) is 11.3 Å². The van der Waals surface area contributed by atoms with Gasteiger partial charge in [0, 0.05) is 25.2 Å². The number of aromatic nitrogens is 2. The highest BCUT2D eigenvalue weighted by Gasteiger charge is 2.16. The van der Waals surface area contributed by atoms with Crippen LogP contribution in [0.5, 0.6) is 0 Å². The molecule has 0 bridgehead atoms. The Labute approximate surface area is 199 Å². The van der Waals surface area contributed by atoms with Crippen molar-refractivity contribution in [2.45, 2.75) is 61.9 Å². The van der Waals surface area contributed by atoms with E-state index < -0.39 is 5.91 Å². The number of hydrogen-bond donors (Lipinski definition) is 2. The third kappa shape index (κ3) is 9.60. The lowest BCUT2D eigenvalue weighted by Gasteiger charge is -2.18. The summed E-state index contributed by atoms with van der Waals surface area (Å²) < 4.78 is 2.23. The Bertz CT molecular complexity index is 945. The third-order valence-electron chi connectivity index (χ3n) is 4.58. The van der Waals surface area contributed by atoms with Crippen LogP contribution in [-0.4, -0.2) is 38.5 Å². The number of carbonyl (C=O) groups is 1. The van der Waals surface area contributed by atoms with Gasteiger partial charge in [-0.3, -0.25) is 14.9 Å². The van der Waals surface area contributed by atoms with Crippen LogP contribution in [0.15, 0.2) is 54.7 Å². The molecule has 3 rings (SSSR count). The van der Waals surface area contributed by atoms with Gasteiger partial charge < -0.3 is 4.40 Å². The zero-order chi connectivity index (χ0) is 25.2. The van der Waals surface area contributed by atoms with Gasteiger partial charge in [0.25, 0.3) is 0 Å². The topological polar surface area (TPSA) is 69.9 Å². The van der Waals surface area contributed by atoms with Crippen LogP contribution in [0.3, 0.4) is 0 Å². The average Bonchev–Trinajstić information content (AvgIpc) is 3.23. The first-order valence-electron chi connectivity index (χ1n) is 11.9. The number of amides is 1. The zero-order valence-corrected chi connectivity index (χ0v) is 21.6. The molecule has 3 aromatic rings. The Morgan fingerprint density at radius 3 is 2.15 bits per heavy atom. The second-order valence-electron chi connectivity index (χ2n) is 6.59. The van der Waals surface area contributed by atoms with Crippen molar-refractivity contribution < 1.29 is 10.0 Å². The molecule has 1 amide bonds. The van der Waals surface area contributed by atoms with Crippen LogP contribution in [0.25, 0.3) is 23.0 Å². The summed E-state index contributed by atoms with van der Waals surface area (Å²) >= 11 is 0. The van der Waals surface area contributed by atoms with Gasteiger partial charge in [0.05, 0.1) is 11.4 Å². The molecule has 182 valence electrons. The van der Waals surface area contributed by atoms with E-state index in [4.69, 9.17) is 10.2 Å². The summed E-state index contributed by atoms with van der Waals surface area (Å²) in [5, 5.41) is 7.54. The molecule has 6 nitrogen and oxygen atoms in total. The molecule has 0 atom stereocenters. The van der Waals surface area contributed by atoms with Crippen molar-refractivity contribution in [2.24, 2.45) is 0 Å². The number of allylic oxidation sites excluding steroid dienone is 1. The van der Waals surface area contributed by atoms with Gasteiger partial charge >= 0.3 is 0 Å². The summed E-state index contributed by atoms with van der Waals surface area (Å²) in [5.74, 6) is -0.440. The molecule has 0 spiro atoms. The first-order valence-corrected chi connectivity index (χ1v) is 11.9.